The molecule has 0 aliphatic heterocycles. The van der Waals surface area contributed by atoms with Crippen LogP contribution in [0.3, 0.4) is 0 Å². The van der Waals surface area contributed by atoms with E-state index in [1.54, 1.807) is 16.9 Å². The van der Waals surface area contributed by atoms with Crippen LogP contribution in [-0.4, -0.2) is 27.8 Å². The van der Waals surface area contributed by atoms with E-state index in [0.29, 0.717) is 10.8 Å². The van der Waals surface area contributed by atoms with Gasteiger partial charge < -0.3 is 14.5 Å². The molecule has 0 aliphatic rings. The zero-order chi connectivity index (χ0) is 20.4. The van der Waals surface area contributed by atoms with Gasteiger partial charge in [-0.2, -0.15) is 5.10 Å². The molecule has 0 unspecified atom stereocenters. The Morgan fingerprint density at radius 3 is 2.68 bits per heavy atom. The maximum atomic E-state index is 12.3. The molecule has 28 heavy (non-hydrogen) atoms. The first kappa shape index (κ1) is 19.6. The first-order valence-corrected chi connectivity index (χ1v) is 8.93. The smallest absolute Gasteiger partial charge is 0.375 e. The third-order valence-electron chi connectivity index (χ3n) is 3.95. The molecule has 3 rings (SSSR count). The number of nitrogens with zero attached hydrogens (tertiary/aromatic N) is 2. The molecule has 1 N–H and O–H groups in total. The van der Waals surface area contributed by atoms with Gasteiger partial charge in [-0.05, 0) is 39.0 Å². The average Bonchev–Trinajstić information content (AvgIpc) is 3.10. The van der Waals surface area contributed by atoms with Crippen molar-refractivity contribution in [1.82, 2.24) is 9.78 Å². The second-order valence-electron chi connectivity index (χ2n) is 6.41. The highest BCUT2D eigenvalue weighted by molar-refractivity contribution is 6.31. The Morgan fingerprint density at radius 2 is 1.96 bits per heavy atom. The van der Waals surface area contributed by atoms with Crippen molar-refractivity contribution in [1.29, 1.82) is 0 Å². The topological polar surface area (TPSA) is 103 Å². The first-order chi connectivity index (χ1) is 13.3. The number of benzene rings is 1. The number of hydrogen-bond acceptors (Lipinski definition) is 6. The Hall–Kier alpha value is -3.13. The number of aromatic nitrogens is 2. The van der Waals surface area contributed by atoms with E-state index in [4.69, 9.17) is 20.8 Å². The van der Waals surface area contributed by atoms with Gasteiger partial charge in [0, 0.05) is 23.2 Å². The molecule has 0 radical (unpaired) electrons. The number of esters is 1. The van der Waals surface area contributed by atoms with Gasteiger partial charge in [0.15, 0.2) is 11.5 Å². The number of ether oxygens (including phenoxy) is 1. The van der Waals surface area contributed by atoms with Crippen LogP contribution >= 0.6 is 11.6 Å². The minimum Gasteiger partial charge on any atom is -0.449 e. The number of rotatable bonds is 5. The third kappa shape index (κ3) is 4.07. The van der Waals surface area contributed by atoms with E-state index in [-0.39, 0.29) is 22.8 Å². The van der Waals surface area contributed by atoms with Crippen molar-refractivity contribution in [3.8, 4) is 0 Å². The molecule has 0 fully saturated rings. The summed E-state index contributed by atoms with van der Waals surface area (Å²) in [6.45, 7) is 5.25. The fraction of sp³-hybridized carbons (Fsp3) is 0.263. The molecule has 2 aromatic heterocycles. The monoisotopic (exact) mass is 403 g/mol. The second kappa shape index (κ2) is 7.85. The van der Waals surface area contributed by atoms with E-state index in [0.717, 1.165) is 6.07 Å². The molecule has 0 aliphatic carbocycles. The van der Waals surface area contributed by atoms with Crippen LogP contribution in [0.4, 0.5) is 5.82 Å². The number of fused-ring (bicyclic) bond motifs is 1. The van der Waals surface area contributed by atoms with Gasteiger partial charge in [0.1, 0.15) is 11.4 Å². The van der Waals surface area contributed by atoms with E-state index >= 15 is 0 Å². The fourth-order valence-corrected chi connectivity index (χ4v) is 2.73. The molecule has 0 saturated heterocycles. The second-order valence-corrected chi connectivity index (χ2v) is 6.84. The molecular weight excluding hydrogens is 386 g/mol. The van der Waals surface area contributed by atoms with Crippen LogP contribution in [0.5, 0.6) is 0 Å². The van der Waals surface area contributed by atoms with Gasteiger partial charge in [0.2, 0.25) is 5.76 Å². The highest BCUT2D eigenvalue weighted by Crippen LogP contribution is 2.18. The normalized spacial score (nSPS) is 12.2. The van der Waals surface area contributed by atoms with Crippen LogP contribution in [0.25, 0.3) is 11.0 Å². The molecule has 3 aromatic rings. The largest absolute Gasteiger partial charge is 0.449 e. The van der Waals surface area contributed by atoms with Crippen molar-refractivity contribution in [3.05, 3.63) is 57.5 Å². The van der Waals surface area contributed by atoms with Gasteiger partial charge in [0.25, 0.3) is 5.91 Å². The molecule has 1 aromatic carbocycles. The van der Waals surface area contributed by atoms with E-state index in [1.807, 2.05) is 13.8 Å². The molecule has 9 heteroatoms. The maximum Gasteiger partial charge on any atom is 0.375 e. The van der Waals surface area contributed by atoms with Crippen molar-refractivity contribution in [2.75, 3.05) is 5.32 Å². The Labute approximate surface area is 165 Å². The lowest BCUT2D eigenvalue weighted by Crippen LogP contribution is -2.31. The first-order valence-electron chi connectivity index (χ1n) is 8.55. The van der Waals surface area contributed by atoms with Crippen LogP contribution < -0.4 is 10.7 Å². The predicted octanol–water partition coefficient (Wildman–Crippen LogP) is 3.41. The Balaban J connectivity index is 1.74. The third-order valence-corrected chi connectivity index (χ3v) is 4.19. The van der Waals surface area contributed by atoms with Gasteiger partial charge in [-0.1, -0.05) is 11.6 Å². The van der Waals surface area contributed by atoms with Gasteiger partial charge in [-0.3, -0.25) is 9.59 Å². The van der Waals surface area contributed by atoms with Crippen LogP contribution in [-0.2, 0) is 9.53 Å². The molecule has 2 heterocycles. The molecule has 8 nitrogen and oxygen atoms in total. The lowest BCUT2D eigenvalue weighted by atomic mass is 10.2. The average molecular weight is 404 g/mol. The number of carbonyl (C=O) groups is 2. The summed E-state index contributed by atoms with van der Waals surface area (Å²) in [5.74, 6) is -1.27. The Kier molecular flexibility index (Phi) is 5.51. The molecule has 146 valence electrons. The van der Waals surface area contributed by atoms with Crippen molar-refractivity contribution in [2.24, 2.45) is 0 Å². The van der Waals surface area contributed by atoms with Crippen molar-refractivity contribution in [3.63, 3.8) is 0 Å². The van der Waals surface area contributed by atoms with Crippen molar-refractivity contribution in [2.45, 2.75) is 32.9 Å². The molecule has 0 bridgehead atoms. The standard InChI is InChI=1S/C19H18ClN3O5/c1-10(2)23-17(6-7-21-23)22-18(25)11(3)27-19(26)16-9-14(24)13-8-12(20)4-5-15(13)28-16/h4-11H,1-3H3,(H,22,25)/t11-/m0/s1. The lowest BCUT2D eigenvalue weighted by Gasteiger charge is -2.15. The summed E-state index contributed by atoms with van der Waals surface area (Å²) in [7, 11) is 0. The van der Waals surface area contributed by atoms with E-state index in [1.165, 1.54) is 25.1 Å². The van der Waals surface area contributed by atoms with Crippen molar-refractivity contribution < 1.29 is 18.7 Å². The van der Waals surface area contributed by atoms with E-state index in [9.17, 15) is 14.4 Å². The molecular formula is C19H18ClN3O5. The highest BCUT2D eigenvalue weighted by Gasteiger charge is 2.22. The summed E-state index contributed by atoms with van der Waals surface area (Å²) >= 11 is 5.86. The highest BCUT2D eigenvalue weighted by atomic mass is 35.5. The van der Waals surface area contributed by atoms with Crippen LogP contribution in [0.1, 0.15) is 37.4 Å². The Bertz CT molecular complexity index is 1100. The lowest BCUT2D eigenvalue weighted by molar-refractivity contribution is -0.123. The number of amides is 1. The minimum absolute atomic E-state index is 0.0449. The zero-order valence-electron chi connectivity index (χ0n) is 15.4. The number of carbonyl (C=O) groups excluding carboxylic acids is 2. The zero-order valence-corrected chi connectivity index (χ0v) is 16.2. The fourth-order valence-electron chi connectivity index (χ4n) is 2.55. The number of nitrogens with one attached hydrogen (secondary N) is 1. The van der Waals surface area contributed by atoms with E-state index < -0.39 is 23.4 Å². The van der Waals surface area contributed by atoms with Gasteiger partial charge in [0.05, 0.1) is 11.6 Å². The molecule has 0 spiro atoms. The van der Waals surface area contributed by atoms with Crippen LogP contribution in [0.15, 0.2) is 45.7 Å². The maximum absolute atomic E-state index is 12.3. The molecule has 0 saturated carbocycles. The van der Waals surface area contributed by atoms with Gasteiger partial charge in [-0.15, -0.1) is 0 Å². The van der Waals surface area contributed by atoms with Gasteiger partial charge >= 0.3 is 5.97 Å². The molecule has 1 amide bonds. The van der Waals surface area contributed by atoms with Gasteiger partial charge in [-0.25, -0.2) is 9.48 Å². The summed E-state index contributed by atoms with van der Waals surface area (Å²) in [4.78, 5) is 36.8. The van der Waals surface area contributed by atoms with Crippen LogP contribution in [0, 0.1) is 0 Å². The van der Waals surface area contributed by atoms with E-state index in [2.05, 4.69) is 10.4 Å². The van der Waals surface area contributed by atoms with Crippen molar-refractivity contribution >= 4 is 40.3 Å². The minimum atomic E-state index is -1.12. The predicted molar refractivity (Wildman–Crippen MR) is 104 cm³/mol. The number of hydrogen-bond donors (Lipinski definition) is 1. The Morgan fingerprint density at radius 1 is 1.21 bits per heavy atom. The summed E-state index contributed by atoms with van der Waals surface area (Å²) < 4.78 is 12.2. The van der Waals surface area contributed by atoms with Crippen LogP contribution in [0.2, 0.25) is 5.02 Å². The summed E-state index contributed by atoms with van der Waals surface area (Å²) in [6, 6.07) is 7.17. The molecule has 1 atom stereocenters. The summed E-state index contributed by atoms with van der Waals surface area (Å²) in [5, 5.41) is 7.39. The SMILES string of the molecule is CC(C)n1nccc1NC(=O)[C@H](C)OC(=O)c1cc(=O)c2cc(Cl)ccc2o1. The summed E-state index contributed by atoms with van der Waals surface area (Å²) in [6.07, 6.45) is 0.441. The number of anilines is 1. The summed E-state index contributed by atoms with van der Waals surface area (Å²) in [5.41, 5.74) is -0.240. The quantitative estimate of drug-likeness (QED) is 0.655. The number of halogens is 1.